The van der Waals surface area contributed by atoms with E-state index in [1.54, 1.807) is 30.3 Å². The molecule has 0 saturated carbocycles. The minimum absolute atomic E-state index is 0.0427. The molecule has 4 rings (SSSR count). The lowest BCUT2D eigenvalue weighted by Crippen LogP contribution is -2.54. The van der Waals surface area contributed by atoms with Crippen molar-refractivity contribution in [3.05, 3.63) is 64.7 Å². The lowest BCUT2D eigenvalue weighted by Gasteiger charge is -2.29. The van der Waals surface area contributed by atoms with E-state index in [0.29, 0.717) is 10.7 Å². The van der Waals surface area contributed by atoms with E-state index in [2.05, 4.69) is 10.2 Å². The van der Waals surface area contributed by atoms with E-state index in [1.165, 1.54) is 36.3 Å². The smallest absolute Gasteiger partial charge is 0.270 e. The van der Waals surface area contributed by atoms with Crippen LogP contribution in [0.25, 0.3) is 6.08 Å². The average molecular weight is 440 g/mol. The van der Waals surface area contributed by atoms with Gasteiger partial charge in [0.05, 0.1) is 5.69 Å². The summed E-state index contributed by atoms with van der Waals surface area (Å²) in [6, 6.07) is 14.7. The Kier molecular flexibility index (Phi) is 6.16. The van der Waals surface area contributed by atoms with Crippen molar-refractivity contribution in [1.82, 2.24) is 5.32 Å². The standard InChI is InChI=1S/C23H22ClN3O2S/c24-17-7-11-19(12-8-17)27-22(29)20(21(28)25-23(27)30)15-16-5-9-18(10-6-16)26-13-3-1-2-4-14-26/h5-12,15H,1-4,13-14H2,(H,25,28,30). The normalized spacial score (nSPS) is 19.1. The molecule has 0 bridgehead atoms. The molecule has 0 unspecified atom stereocenters. The number of anilines is 2. The number of hydrogen-bond donors (Lipinski definition) is 1. The van der Waals surface area contributed by atoms with Crippen LogP contribution < -0.4 is 15.1 Å². The number of thiocarbonyl (C=S) groups is 1. The number of amides is 2. The van der Waals surface area contributed by atoms with Gasteiger partial charge < -0.3 is 4.90 Å². The van der Waals surface area contributed by atoms with Crippen molar-refractivity contribution in [3.8, 4) is 0 Å². The zero-order valence-corrected chi connectivity index (χ0v) is 18.0. The van der Waals surface area contributed by atoms with Crippen molar-refractivity contribution in [2.45, 2.75) is 25.7 Å². The minimum Gasteiger partial charge on any atom is -0.372 e. The van der Waals surface area contributed by atoms with Gasteiger partial charge in [-0.25, -0.2) is 0 Å². The second-order valence-corrected chi connectivity index (χ2v) is 8.25. The van der Waals surface area contributed by atoms with Crippen LogP contribution in [0.2, 0.25) is 5.02 Å². The van der Waals surface area contributed by atoms with Crippen LogP contribution in [0.3, 0.4) is 0 Å². The van der Waals surface area contributed by atoms with Crippen molar-refractivity contribution in [1.29, 1.82) is 0 Å². The number of rotatable bonds is 3. The molecule has 1 N–H and O–H groups in total. The quantitative estimate of drug-likeness (QED) is 0.433. The number of benzene rings is 2. The number of nitrogens with one attached hydrogen (secondary N) is 1. The summed E-state index contributed by atoms with van der Waals surface area (Å²) in [5.41, 5.74) is 2.55. The first-order valence-electron chi connectivity index (χ1n) is 10.0. The maximum absolute atomic E-state index is 13.1. The number of hydrogen-bond acceptors (Lipinski definition) is 4. The van der Waals surface area contributed by atoms with Crippen molar-refractivity contribution in [2.75, 3.05) is 22.9 Å². The van der Waals surface area contributed by atoms with Crippen LogP contribution in [0, 0.1) is 0 Å². The third-order valence-corrected chi connectivity index (χ3v) is 5.90. The van der Waals surface area contributed by atoms with Crippen LogP contribution in [0.4, 0.5) is 11.4 Å². The van der Waals surface area contributed by atoms with Crippen LogP contribution in [0.5, 0.6) is 0 Å². The first-order chi connectivity index (χ1) is 14.5. The second kappa shape index (κ2) is 8.98. The summed E-state index contributed by atoms with van der Waals surface area (Å²) in [5, 5.41) is 3.21. The summed E-state index contributed by atoms with van der Waals surface area (Å²) >= 11 is 11.2. The Morgan fingerprint density at radius 1 is 0.867 bits per heavy atom. The van der Waals surface area contributed by atoms with E-state index in [4.69, 9.17) is 23.8 Å². The van der Waals surface area contributed by atoms with Gasteiger partial charge in [-0.2, -0.15) is 0 Å². The van der Waals surface area contributed by atoms with Gasteiger partial charge in [0.2, 0.25) is 0 Å². The first kappa shape index (κ1) is 20.6. The van der Waals surface area contributed by atoms with Crippen LogP contribution in [0.1, 0.15) is 31.2 Å². The predicted octanol–water partition coefficient (Wildman–Crippen LogP) is 4.55. The van der Waals surface area contributed by atoms with Crippen LogP contribution in [-0.2, 0) is 9.59 Å². The van der Waals surface area contributed by atoms with Gasteiger partial charge in [0, 0.05) is 23.8 Å². The Morgan fingerprint density at radius 2 is 1.47 bits per heavy atom. The van der Waals surface area contributed by atoms with Crippen molar-refractivity contribution in [2.24, 2.45) is 0 Å². The monoisotopic (exact) mass is 439 g/mol. The van der Waals surface area contributed by atoms with E-state index in [1.807, 2.05) is 24.3 Å². The zero-order valence-electron chi connectivity index (χ0n) is 16.4. The zero-order chi connectivity index (χ0) is 21.1. The molecular weight excluding hydrogens is 418 g/mol. The number of carbonyl (C=O) groups is 2. The number of carbonyl (C=O) groups excluding carboxylic acids is 2. The molecule has 7 heteroatoms. The Morgan fingerprint density at radius 3 is 2.10 bits per heavy atom. The molecule has 2 aliphatic rings. The molecule has 0 atom stereocenters. The highest BCUT2D eigenvalue weighted by Crippen LogP contribution is 2.25. The van der Waals surface area contributed by atoms with Gasteiger partial charge in [0.25, 0.3) is 11.8 Å². The largest absolute Gasteiger partial charge is 0.372 e. The highest BCUT2D eigenvalue weighted by atomic mass is 35.5. The van der Waals surface area contributed by atoms with Crippen LogP contribution >= 0.6 is 23.8 Å². The Balaban J connectivity index is 1.58. The van der Waals surface area contributed by atoms with Gasteiger partial charge in [-0.05, 0) is 73.1 Å². The SMILES string of the molecule is O=C1NC(=S)N(c2ccc(Cl)cc2)C(=O)C1=Cc1ccc(N2CCCCCC2)cc1. The van der Waals surface area contributed by atoms with E-state index < -0.39 is 11.8 Å². The van der Waals surface area contributed by atoms with E-state index in [9.17, 15) is 9.59 Å². The Labute approximate surface area is 186 Å². The topological polar surface area (TPSA) is 52.7 Å². The summed E-state index contributed by atoms with van der Waals surface area (Å²) in [4.78, 5) is 29.2. The molecule has 2 fully saturated rings. The summed E-state index contributed by atoms with van der Waals surface area (Å²) in [5.74, 6) is -0.950. The summed E-state index contributed by atoms with van der Waals surface area (Å²) in [6.45, 7) is 2.13. The highest BCUT2D eigenvalue weighted by molar-refractivity contribution is 7.80. The third kappa shape index (κ3) is 4.40. The van der Waals surface area contributed by atoms with Gasteiger partial charge in [-0.15, -0.1) is 0 Å². The molecular formula is C23H22ClN3O2S. The van der Waals surface area contributed by atoms with E-state index >= 15 is 0 Å². The van der Waals surface area contributed by atoms with Gasteiger partial charge >= 0.3 is 0 Å². The molecule has 2 saturated heterocycles. The predicted molar refractivity (Wildman–Crippen MR) is 125 cm³/mol. The van der Waals surface area contributed by atoms with Crippen molar-refractivity contribution in [3.63, 3.8) is 0 Å². The molecule has 2 aromatic rings. The van der Waals surface area contributed by atoms with Crippen molar-refractivity contribution >= 4 is 58.2 Å². The van der Waals surface area contributed by atoms with E-state index in [0.717, 1.165) is 18.7 Å². The van der Waals surface area contributed by atoms with E-state index in [-0.39, 0.29) is 10.7 Å². The Bertz CT molecular complexity index is 994. The highest BCUT2D eigenvalue weighted by Gasteiger charge is 2.34. The average Bonchev–Trinajstić information content (AvgIpc) is 3.02. The van der Waals surface area contributed by atoms with Crippen LogP contribution in [0.15, 0.2) is 54.1 Å². The molecule has 0 aromatic heterocycles. The molecule has 2 heterocycles. The van der Waals surface area contributed by atoms with Crippen LogP contribution in [-0.4, -0.2) is 30.0 Å². The molecule has 2 aromatic carbocycles. The molecule has 0 aliphatic carbocycles. The lowest BCUT2D eigenvalue weighted by atomic mass is 10.1. The second-order valence-electron chi connectivity index (χ2n) is 7.43. The number of halogens is 1. The minimum atomic E-state index is -0.494. The molecule has 0 radical (unpaired) electrons. The molecule has 30 heavy (non-hydrogen) atoms. The molecule has 0 spiro atoms. The summed E-state index contributed by atoms with van der Waals surface area (Å²) in [7, 11) is 0. The summed E-state index contributed by atoms with van der Waals surface area (Å²) in [6.07, 6.45) is 6.59. The summed E-state index contributed by atoms with van der Waals surface area (Å²) < 4.78 is 0. The molecule has 2 amide bonds. The number of nitrogens with zero attached hydrogens (tertiary/aromatic N) is 2. The van der Waals surface area contributed by atoms with Gasteiger partial charge in [0.1, 0.15) is 5.57 Å². The first-order valence-corrected chi connectivity index (χ1v) is 10.8. The maximum atomic E-state index is 13.1. The fourth-order valence-corrected chi connectivity index (χ4v) is 4.17. The van der Waals surface area contributed by atoms with Crippen molar-refractivity contribution < 1.29 is 9.59 Å². The van der Waals surface area contributed by atoms with Gasteiger partial charge in [-0.1, -0.05) is 36.6 Å². The fraction of sp³-hybridized carbons (Fsp3) is 0.261. The fourth-order valence-electron chi connectivity index (χ4n) is 3.76. The molecule has 2 aliphatic heterocycles. The molecule has 5 nitrogen and oxygen atoms in total. The Hall–Kier alpha value is -2.70. The van der Waals surface area contributed by atoms with Gasteiger partial charge in [0.15, 0.2) is 5.11 Å². The molecule has 154 valence electrons. The maximum Gasteiger partial charge on any atom is 0.270 e. The third-order valence-electron chi connectivity index (χ3n) is 5.36. The van der Waals surface area contributed by atoms with Gasteiger partial charge in [-0.3, -0.25) is 19.8 Å². The lowest BCUT2D eigenvalue weighted by molar-refractivity contribution is -0.122.